The SMILES string of the molecule is Cc1ccc(C(O)(C(=O)OC2C3CC[C@@H]2NC3)c2ccccc2)cc1. The lowest BCUT2D eigenvalue weighted by atomic mass is 9.86. The molecule has 4 atom stereocenters. The highest BCUT2D eigenvalue weighted by atomic mass is 16.6. The van der Waals surface area contributed by atoms with E-state index in [1.165, 1.54) is 0 Å². The zero-order valence-corrected chi connectivity index (χ0v) is 14.3. The second-order valence-electron chi connectivity index (χ2n) is 7.16. The van der Waals surface area contributed by atoms with Crippen molar-refractivity contribution in [2.24, 2.45) is 5.92 Å². The Kier molecular flexibility index (Phi) is 4.10. The van der Waals surface area contributed by atoms with E-state index in [0.717, 1.165) is 24.9 Å². The van der Waals surface area contributed by atoms with Crippen molar-refractivity contribution in [3.8, 4) is 0 Å². The molecule has 0 radical (unpaired) electrons. The number of aryl methyl sites for hydroxylation is 1. The number of carbonyl (C=O) groups is 1. The van der Waals surface area contributed by atoms with Crippen molar-refractivity contribution in [1.82, 2.24) is 5.32 Å². The molecule has 0 spiro atoms. The molecule has 1 saturated heterocycles. The average Bonchev–Trinajstić information content (AvgIpc) is 3.21. The highest BCUT2D eigenvalue weighted by Crippen LogP contribution is 2.37. The van der Waals surface area contributed by atoms with Gasteiger partial charge in [0.1, 0.15) is 6.10 Å². The molecular weight excluding hydrogens is 314 g/mol. The number of benzene rings is 2. The number of hydrogen-bond donors (Lipinski definition) is 2. The number of hydrogen-bond acceptors (Lipinski definition) is 4. The van der Waals surface area contributed by atoms with Gasteiger partial charge in [0.15, 0.2) is 0 Å². The molecular formula is C21H23NO3. The number of ether oxygens (including phenoxy) is 1. The maximum Gasteiger partial charge on any atom is 0.348 e. The first-order valence-electron chi connectivity index (χ1n) is 8.88. The minimum atomic E-state index is -1.79. The highest BCUT2D eigenvalue weighted by Gasteiger charge is 2.48. The summed E-state index contributed by atoms with van der Waals surface area (Å²) in [6.07, 6.45) is 1.95. The molecule has 2 N–H and O–H groups in total. The van der Waals surface area contributed by atoms with Crippen molar-refractivity contribution >= 4 is 5.97 Å². The van der Waals surface area contributed by atoms with Crippen LogP contribution in [0.15, 0.2) is 54.6 Å². The number of aliphatic hydroxyl groups is 1. The first-order chi connectivity index (χ1) is 12.1. The van der Waals surface area contributed by atoms with E-state index in [2.05, 4.69) is 5.32 Å². The molecule has 4 heteroatoms. The van der Waals surface area contributed by atoms with Crippen molar-refractivity contribution in [1.29, 1.82) is 0 Å². The fraction of sp³-hybridized carbons (Fsp3) is 0.381. The van der Waals surface area contributed by atoms with E-state index in [0.29, 0.717) is 17.0 Å². The Hall–Kier alpha value is -2.17. The van der Waals surface area contributed by atoms with Crippen molar-refractivity contribution in [3.05, 3.63) is 71.3 Å². The molecule has 2 aliphatic rings. The smallest absolute Gasteiger partial charge is 0.348 e. The van der Waals surface area contributed by atoms with Gasteiger partial charge in [0, 0.05) is 18.5 Å². The third kappa shape index (κ3) is 2.75. The van der Waals surface area contributed by atoms with Crippen LogP contribution in [0.25, 0.3) is 0 Å². The molecule has 0 aromatic heterocycles. The molecule has 1 saturated carbocycles. The van der Waals surface area contributed by atoms with Gasteiger partial charge in [-0.3, -0.25) is 0 Å². The van der Waals surface area contributed by atoms with E-state index < -0.39 is 11.6 Å². The normalized spacial score (nSPS) is 27.0. The summed E-state index contributed by atoms with van der Waals surface area (Å²) in [6, 6.07) is 16.7. The minimum absolute atomic E-state index is 0.145. The first kappa shape index (κ1) is 16.3. The summed E-state index contributed by atoms with van der Waals surface area (Å²) < 4.78 is 5.85. The summed E-state index contributed by atoms with van der Waals surface area (Å²) in [5, 5.41) is 14.9. The van der Waals surface area contributed by atoms with Gasteiger partial charge in [0.25, 0.3) is 0 Å². The van der Waals surface area contributed by atoms with E-state index in [1.807, 2.05) is 37.3 Å². The van der Waals surface area contributed by atoms with Crippen LogP contribution in [0.4, 0.5) is 0 Å². The van der Waals surface area contributed by atoms with Crippen LogP contribution >= 0.6 is 0 Å². The van der Waals surface area contributed by atoms with E-state index in [9.17, 15) is 9.90 Å². The molecule has 2 fully saturated rings. The zero-order valence-electron chi connectivity index (χ0n) is 14.3. The lowest BCUT2D eigenvalue weighted by molar-refractivity contribution is -0.169. The van der Waals surface area contributed by atoms with Crippen LogP contribution in [0, 0.1) is 12.8 Å². The number of esters is 1. The Morgan fingerprint density at radius 2 is 1.76 bits per heavy atom. The van der Waals surface area contributed by atoms with Crippen molar-refractivity contribution in [2.45, 2.75) is 37.5 Å². The summed E-state index contributed by atoms with van der Waals surface area (Å²) in [4.78, 5) is 13.1. The molecule has 130 valence electrons. The lowest BCUT2D eigenvalue weighted by Gasteiger charge is -2.29. The van der Waals surface area contributed by atoms with Gasteiger partial charge in [-0.2, -0.15) is 0 Å². The molecule has 25 heavy (non-hydrogen) atoms. The third-order valence-corrected chi connectivity index (χ3v) is 5.55. The molecule has 2 aromatic carbocycles. The topological polar surface area (TPSA) is 58.6 Å². The maximum atomic E-state index is 13.1. The Morgan fingerprint density at radius 1 is 1.08 bits per heavy atom. The standard InChI is InChI=1S/C21H23NO3/c1-14-7-10-17(11-8-14)21(24,16-5-3-2-4-6-16)20(23)25-19-15-9-12-18(19)22-13-15/h2-8,10-11,15,18-19,22,24H,9,12-13H2,1H3/t15?,18-,19?,21?/m0/s1. The van der Waals surface area contributed by atoms with E-state index in [-0.39, 0.29) is 12.1 Å². The van der Waals surface area contributed by atoms with Gasteiger partial charge in [-0.25, -0.2) is 4.79 Å². The van der Waals surface area contributed by atoms with Crippen molar-refractivity contribution in [3.63, 3.8) is 0 Å². The van der Waals surface area contributed by atoms with Gasteiger partial charge >= 0.3 is 5.97 Å². The van der Waals surface area contributed by atoms with Crippen LogP contribution in [0.5, 0.6) is 0 Å². The molecule has 4 nitrogen and oxygen atoms in total. The molecule has 2 aromatic rings. The van der Waals surface area contributed by atoms with Crippen molar-refractivity contribution in [2.75, 3.05) is 6.54 Å². The quantitative estimate of drug-likeness (QED) is 0.842. The average molecular weight is 337 g/mol. The van der Waals surface area contributed by atoms with E-state index in [4.69, 9.17) is 4.74 Å². The van der Waals surface area contributed by atoms with Crippen LogP contribution in [-0.2, 0) is 15.1 Å². The lowest BCUT2D eigenvalue weighted by Crippen LogP contribution is -2.42. The monoisotopic (exact) mass is 337 g/mol. The van der Waals surface area contributed by atoms with Crippen LogP contribution in [0.2, 0.25) is 0 Å². The number of rotatable bonds is 4. The summed E-state index contributed by atoms with van der Waals surface area (Å²) in [6.45, 7) is 2.86. The molecule has 1 heterocycles. The second kappa shape index (κ2) is 6.28. The van der Waals surface area contributed by atoms with Crippen LogP contribution in [-0.4, -0.2) is 29.8 Å². The van der Waals surface area contributed by atoms with Gasteiger partial charge < -0.3 is 15.2 Å². The maximum absolute atomic E-state index is 13.1. The largest absolute Gasteiger partial charge is 0.458 e. The number of carbonyl (C=O) groups excluding carboxylic acids is 1. The van der Waals surface area contributed by atoms with Gasteiger partial charge in [-0.05, 0) is 30.9 Å². The molecule has 3 unspecified atom stereocenters. The number of piperidine rings is 1. The van der Waals surface area contributed by atoms with Gasteiger partial charge in [-0.1, -0.05) is 60.2 Å². The Balaban J connectivity index is 1.70. The fourth-order valence-corrected chi connectivity index (χ4v) is 4.05. The minimum Gasteiger partial charge on any atom is -0.458 e. The zero-order chi connectivity index (χ0) is 17.4. The fourth-order valence-electron chi connectivity index (χ4n) is 4.05. The summed E-state index contributed by atoms with van der Waals surface area (Å²) in [5.41, 5.74) is 0.345. The summed E-state index contributed by atoms with van der Waals surface area (Å²) in [5.74, 6) is -0.236. The van der Waals surface area contributed by atoms with Crippen LogP contribution in [0.1, 0.15) is 29.5 Å². The highest BCUT2D eigenvalue weighted by molar-refractivity contribution is 5.85. The summed E-state index contributed by atoms with van der Waals surface area (Å²) in [7, 11) is 0. The van der Waals surface area contributed by atoms with Gasteiger partial charge in [0.05, 0.1) is 0 Å². The molecule has 0 amide bonds. The molecule has 1 aliphatic heterocycles. The van der Waals surface area contributed by atoms with Gasteiger partial charge in [-0.15, -0.1) is 0 Å². The predicted molar refractivity (Wildman–Crippen MR) is 95.0 cm³/mol. The number of nitrogens with one attached hydrogen (secondary N) is 1. The number of fused-ring (bicyclic) bond motifs is 2. The van der Waals surface area contributed by atoms with Crippen molar-refractivity contribution < 1.29 is 14.6 Å². The first-order valence-corrected chi connectivity index (χ1v) is 8.88. The predicted octanol–water partition coefficient (Wildman–Crippen LogP) is 2.52. The van der Waals surface area contributed by atoms with E-state index in [1.54, 1.807) is 24.3 Å². The second-order valence-corrected chi connectivity index (χ2v) is 7.16. The molecule has 4 rings (SSSR count). The Bertz CT molecular complexity index is 738. The molecule has 2 bridgehead atoms. The molecule has 1 aliphatic carbocycles. The Labute approximate surface area is 147 Å². The van der Waals surface area contributed by atoms with Crippen LogP contribution < -0.4 is 5.32 Å². The van der Waals surface area contributed by atoms with E-state index >= 15 is 0 Å². The third-order valence-electron chi connectivity index (χ3n) is 5.55. The van der Waals surface area contributed by atoms with Crippen LogP contribution in [0.3, 0.4) is 0 Å². The Morgan fingerprint density at radius 3 is 2.32 bits per heavy atom. The summed E-state index contributed by atoms with van der Waals surface area (Å²) >= 11 is 0. The van der Waals surface area contributed by atoms with Gasteiger partial charge in [0.2, 0.25) is 5.60 Å².